The molecule has 120 valence electrons. The van der Waals surface area contributed by atoms with Gasteiger partial charge in [0.2, 0.25) is 5.91 Å². The van der Waals surface area contributed by atoms with Crippen LogP contribution in [0.1, 0.15) is 27.2 Å². The molecule has 0 fully saturated rings. The van der Waals surface area contributed by atoms with E-state index >= 15 is 0 Å². The van der Waals surface area contributed by atoms with E-state index in [4.69, 9.17) is 4.42 Å². The molecule has 1 heterocycles. The Balaban J connectivity index is 1.86. The SMILES string of the molecule is CC(C)(C)CC(CO)NC(=O)CSc1nc2ccccc2o1. The third-order valence-corrected chi connectivity index (χ3v) is 3.87. The van der Waals surface area contributed by atoms with E-state index in [0.717, 1.165) is 11.9 Å². The summed E-state index contributed by atoms with van der Waals surface area (Å²) in [4.78, 5) is 16.3. The van der Waals surface area contributed by atoms with E-state index in [2.05, 4.69) is 31.1 Å². The molecule has 22 heavy (non-hydrogen) atoms. The number of hydrogen-bond donors (Lipinski definition) is 2. The standard InChI is InChI=1S/C16H22N2O3S/c1-16(2,3)8-11(9-19)17-14(20)10-22-15-18-12-6-4-5-7-13(12)21-15/h4-7,11,19H,8-10H2,1-3H3,(H,17,20). The molecule has 2 rings (SSSR count). The largest absolute Gasteiger partial charge is 0.431 e. The lowest BCUT2D eigenvalue weighted by Crippen LogP contribution is -2.40. The predicted molar refractivity (Wildman–Crippen MR) is 87.8 cm³/mol. The number of fused-ring (bicyclic) bond motifs is 1. The van der Waals surface area contributed by atoms with Gasteiger partial charge in [-0.2, -0.15) is 0 Å². The van der Waals surface area contributed by atoms with Crippen LogP contribution in [-0.2, 0) is 4.79 Å². The van der Waals surface area contributed by atoms with Crippen molar-refractivity contribution in [1.29, 1.82) is 0 Å². The fraction of sp³-hybridized carbons (Fsp3) is 0.500. The minimum Gasteiger partial charge on any atom is -0.431 e. The number of thioether (sulfide) groups is 1. The molecule has 1 aromatic heterocycles. The van der Waals surface area contributed by atoms with Crippen LogP contribution >= 0.6 is 11.8 Å². The highest BCUT2D eigenvalue weighted by molar-refractivity contribution is 7.99. The molecule has 2 aromatic rings. The van der Waals surface area contributed by atoms with E-state index in [1.165, 1.54) is 11.8 Å². The Morgan fingerprint density at radius 1 is 1.41 bits per heavy atom. The molecule has 0 saturated carbocycles. The van der Waals surface area contributed by atoms with E-state index in [1.54, 1.807) is 0 Å². The van der Waals surface area contributed by atoms with Crippen LogP contribution in [0.25, 0.3) is 11.1 Å². The number of carbonyl (C=O) groups excluding carboxylic acids is 1. The highest BCUT2D eigenvalue weighted by atomic mass is 32.2. The average molecular weight is 322 g/mol. The molecule has 6 heteroatoms. The molecule has 1 atom stereocenters. The molecule has 5 nitrogen and oxygen atoms in total. The molecule has 1 unspecified atom stereocenters. The van der Waals surface area contributed by atoms with Crippen molar-refractivity contribution in [3.63, 3.8) is 0 Å². The lowest BCUT2D eigenvalue weighted by molar-refractivity contribution is -0.119. The summed E-state index contributed by atoms with van der Waals surface area (Å²) < 4.78 is 5.55. The summed E-state index contributed by atoms with van der Waals surface area (Å²) in [6, 6.07) is 7.26. The lowest BCUT2D eigenvalue weighted by Gasteiger charge is -2.25. The highest BCUT2D eigenvalue weighted by Crippen LogP contribution is 2.23. The summed E-state index contributed by atoms with van der Waals surface area (Å²) in [6.07, 6.45) is 0.725. The summed E-state index contributed by atoms with van der Waals surface area (Å²) >= 11 is 1.25. The van der Waals surface area contributed by atoms with Gasteiger partial charge in [0.1, 0.15) is 5.52 Å². The molecule has 0 aliphatic carbocycles. The van der Waals surface area contributed by atoms with Gasteiger partial charge in [-0.1, -0.05) is 44.7 Å². The van der Waals surface area contributed by atoms with Gasteiger partial charge in [-0.3, -0.25) is 4.79 Å². The molecule has 1 amide bonds. The number of hydrogen-bond acceptors (Lipinski definition) is 5. The number of nitrogens with one attached hydrogen (secondary N) is 1. The van der Waals surface area contributed by atoms with Crippen molar-refractivity contribution in [1.82, 2.24) is 10.3 Å². The van der Waals surface area contributed by atoms with E-state index < -0.39 is 0 Å². The van der Waals surface area contributed by atoms with Crippen molar-refractivity contribution in [3.05, 3.63) is 24.3 Å². The van der Waals surface area contributed by atoms with Gasteiger partial charge in [0.05, 0.1) is 18.4 Å². The Hall–Kier alpha value is -1.53. The Kier molecular flexibility index (Phi) is 5.47. The summed E-state index contributed by atoms with van der Waals surface area (Å²) in [6.45, 7) is 6.18. The second-order valence-electron chi connectivity index (χ2n) is 6.45. The third-order valence-electron chi connectivity index (χ3n) is 3.05. The van der Waals surface area contributed by atoms with Crippen molar-refractivity contribution < 1.29 is 14.3 Å². The summed E-state index contributed by atoms with van der Waals surface area (Å²) in [7, 11) is 0. The van der Waals surface area contributed by atoms with Gasteiger partial charge in [-0.25, -0.2) is 4.98 Å². The van der Waals surface area contributed by atoms with Crippen molar-refractivity contribution >= 4 is 28.8 Å². The number of carbonyl (C=O) groups is 1. The first kappa shape index (κ1) is 16.8. The third kappa shape index (κ3) is 5.03. The van der Waals surface area contributed by atoms with Crippen LogP contribution in [0, 0.1) is 5.41 Å². The Morgan fingerprint density at radius 2 is 2.14 bits per heavy atom. The number of para-hydroxylation sites is 2. The quantitative estimate of drug-likeness (QED) is 0.800. The molecule has 2 N–H and O–H groups in total. The number of aromatic nitrogens is 1. The fourth-order valence-electron chi connectivity index (χ4n) is 2.21. The van der Waals surface area contributed by atoms with E-state index in [1.807, 2.05) is 24.3 Å². The number of nitrogens with zero attached hydrogens (tertiary/aromatic N) is 1. The van der Waals surface area contributed by atoms with Crippen molar-refractivity contribution in [2.45, 2.75) is 38.5 Å². The summed E-state index contributed by atoms with van der Waals surface area (Å²) in [5.41, 5.74) is 1.55. The van der Waals surface area contributed by atoms with Gasteiger partial charge in [-0.05, 0) is 24.0 Å². The normalized spacial score (nSPS) is 13.3. The zero-order valence-electron chi connectivity index (χ0n) is 13.1. The average Bonchev–Trinajstić information content (AvgIpc) is 2.85. The highest BCUT2D eigenvalue weighted by Gasteiger charge is 2.20. The van der Waals surface area contributed by atoms with Crippen LogP contribution in [0.3, 0.4) is 0 Å². The fourth-order valence-corrected chi connectivity index (χ4v) is 2.86. The van der Waals surface area contributed by atoms with E-state index in [-0.39, 0.29) is 29.7 Å². The minimum atomic E-state index is -0.225. The van der Waals surface area contributed by atoms with Gasteiger partial charge in [0, 0.05) is 0 Å². The molecule has 0 radical (unpaired) electrons. The zero-order valence-corrected chi connectivity index (χ0v) is 13.9. The summed E-state index contributed by atoms with van der Waals surface area (Å²) in [5, 5.41) is 12.7. The maximum atomic E-state index is 12.0. The molecule has 1 aromatic carbocycles. The van der Waals surface area contributed by atoms with E-state index in [9.17, 15) is 9.90 Å². The monoisotopic (exact) mass is 322 g/mol. The number of aliphatic hydroxyl groups excluding tert-OH is 1. The Bertz CT molecular complexity index is 601. The second-order valence-corrected chi connectivity index (χ2v) is 7.37. The first-order chi connectivity index (χ1) is 10.4. The minimum absolute atomic E-state index is 0.0497. The number of oxazole rings is 1. The van der Waals surface area contributed by atoms with Gasteiger partial charge in [0.25, 0.3) is 5.22 Å². The van der Waals surface area contributed by atoms with Gasteiger partial charge >= 0.3 is 0 Å². The number of rotatable bonds is 6. The predicted octanol–water partition coefficient (Wildman–Crippen LogP) is 2.83. The van der Waals surface area contributed by atoms with Crippen LogP contribution < -0.4 is 5.32 Å². The van der Waals surface area contributed by atoms with Gasteiger partial charge in [0.15, 0.2) is 5.58 Å². The van der Waals surface area contributed by atoms with Crippen molar-refractivity contribution in [2.24, 2.45) is 5.41 Å². The molecule has 0 bridgehead atoms. The van der Waals surface area contributed by atoms with Gasteiger partial charge in [-0.15, -0.1) is 0 Å². The molecular formula is C16H22N2O3S. The van der Waals surface area contributed by atoms with Crippen LogP contribution in [-0.4, -0.2) is 34.4 Å². The molecular weight excluding hydrogens is 300 g/mol. The van der Waals surface area contributed by atoms with Crippen molar-refractivity contribution in [3.8, 4) is 0 Å². The molecule has 0 aliphatic rings. The first-order valence-electron chi connectivity index (χ1n) is 7.26. The van der Waals surface area contributed by atoms with Gasteiger partial charge < -0.3 is 14.8 Å². The lowest BCUT2D eigenvalue weighted by atomic mass is 9.88. The zero-order chi connectivity index (χ0) is 16.2. The smallest absolute Gasteiger partial charge is 0.257 e. The molecule has 0 aliphatic heterocycles. The van der Waals surface area contributed by atoms with Crippen LogP contribution in [0.15, 0.2) is 33.9 Å². The van der Waals surface area contributed by atoms with Crippen LogP contribution in [0.5, 0.6) is 0 Å². The molecule has 0 spiro atoms. The maximum absolute atomic E-state index is 12.0. The Labute approximate surface area is 134 Å². The van der Waals surface area contributed by atoms with Crippen molar-refractivity contribution in [2.75, 3.05) is 12.4 Å². The van der Waals surface area contributed by atoms with Crippen LogP contribution in [0.2, 0.25) is 0 Å². The number of benzene rings is 1. The number of amides is 1. The first-order valence-corrected chi connectivity index (χ1v) is 8.24. The maximum Gasteiger partial charge on any atom is 0.257 e. The molecule has 0 saturated heterocycles. The van der Waals surface area contributed by atoms with Crippen LogP contribution in [0.4, 0.5) is 0 Å². The Morgan fingerprint density at radius 3 is 2.77 bits per heavy atom. The summed E-state index contributed by atoms with van der Waals surface area (Å²) in [5.74, 6) is 0.0866. The second kappa shape index (κ2) is 7.15. The number of aliphatic hydroxyl groups is 1. The topological polar surface area (TPSA) is 75.4 Å². The van der Waals surface area contributed by atoms with E-state index in [0.29, 0.717) is 10.8 Å².